The summed E-state index contributed by atoms with van der Waals surface area (Å²) in [7, 11) is -0.580. The van der Waals surface area contributed by atoms with Crippen LogP contribution in [0.5, 0.6) is 0 Å². The highest BCUT2D eigenvalue weighted by atomic mass is 35.5. The molecule has 120 valence electrons. The van der Waals surface area contributed by atoms with Gasteiger partial charge in [-0.2, -0.15) is 0 Å². The van der Waals surface area contributed by atoms with Gasteiger partial charge in [0.25, 0.3) is 0 Å². The number of amides is 1. The molecular weight excluding hydrogens is 302 g/mol. The second-order valence-corrected chi connectivity index (χ2v) is 7.46. The number of carbonyl (C=O) groups excluding carboxylic acids is 1. The first-order chi connectivity index (χ1) is 8.79. The molecule has 6 nitrogen and oxygen atoms in total. The van der Waals surface area contributed by atoms with Crippen molar-refractivity contribution in [2.45, 2.75) is 43.9 Å². The predicted octanol–water partition coefficient (Wildman–Crippen LogP) is 0.322. The van der Waals surface area contributed by atoms with E-state index in [1.807, 2.05) is 0 Å². The van der Waals surface area contributed by atoms with Crippen molar-refractivity contribution in [2.24, 2.45) is 11.7 Å². The van der Waals surface area contributed by atoms with Crippen LogP contribution in [0.2, 0.25) is 0 Å². The third-order valence-electron chi connectivity index (χ3n) is 3.79. The van der Waals surface area contributed by atoms with E-state index in [9.17, 15) is 13.2 Å². The molecule has 0 aliphatic heterocycles. The largest absolute Gasteiger partial charge is 0.348 e. The van der Waals surface area contributed by atoms with Crippen LogP contribution in [0.25, 0.3) is 0 Å². The van der Waals surface area contributed by atoms with Gasteiger partial charge in [0.15, 0.2) is 5.25 Å². The van der Waals surface area contributed by atoms with Crippen LogP contribution in [0, 0.1) is 5.92 Å². The Bertz CT molecular complexity index is 408. The highest BCUT2D eigenvalue weighted by Gasteiger charge is 2.34. The number of hydrogen-bond donors (Lipinski definition) is 2. The second kappa shape index (κ2) is 8.17. The van der Waals surface area contributed by atoms with Gasteiger partial charge >= 0.3 is 0 Å². The molecule has 2 atom stereocenters. The first-order valence-electron chi connectivity index (χ1n) is 6.72. The van der Waals surface area contributed by atoms with Gasteiger partial charge in [0.1, 0.15) is 0 Å². The van der Waals surface area contributed by atoms with Crippen LogP contribution in [0.4, 0.5) is 0 Å². The first-order valence-corrected chi connectivity index (χ1v) is 8.26. The van der Waals surface area contributed by atoms with E-state index in [1.165, 1.54) is 11.8 Å². The molecule has 20 heavy (non-hydrogen) atoms. The van der Waals surface area contributed by atoms with Crippen molar-refractivity contribution in [3.8, 4) is 0 Å². The normalized spacial score (nSPS) is 19.2. The van der Waals surface area contributed by atoms with Crippen LogP contribution in [-0.2, 0) is 14.8 Å². The molecule has 1 aliphatic carbocycles. The quantitative estimate of drug-likeness (QED) is 0.735. The Hall–Kier alpha value is -0.370. The number of nitrogens with two attached hydrogens (primary N) is 1. The molecule has 0 aromatic rings. The lowest BCUT2D eigenvalue weighted by atomic mass is 9.99. The van der Waals surface area contributed by atoms with E-state index in [0.29, 0.717) is 5.92 Å². The van der Waals surface area contributed by atoms with Crippen LogP contribution >= 0.6 is 12.4 Å². The van der Waals surface area contributed by atoms with Crippen molar-refractivity contribution in [2.75, 3.05) is 20.6 Å². The smallest absolute Gasteiger partial charge is 0.241 e. The van der Waals surface area contributed by atoms with Gasteiger partial charge in [-0.05, 0) is 25.7 Å². The zero-order chi connectivity index (χ0) is 14.6. The zero-order valence-corrected chi connectivity index (χ0v) is 14.0. The number of nitrogens with one attached hydrogen (secondary N) is 1. The highest BCUT2D eigenvalue weighted by molar-refractivity contribution is 7.90. The third-order valence-corrected chi connectivity index (χ3v) is 5.56. The van der Waals surface area contributed by atoms with E-state index in [0.717, 1.165) is 25.7 Å². The highest BCUT2D eigenvalue weighted by Crippen LogP contribution is 2.27. The topological polar surface area (TPSA) is 92.5 Å². The monoisotopic (exact) mass is 327 g/mol. The number of halogens is 1. The fourth-order valence-corrected chi connectivity index (χ4v) is 3.90. The van der Waals surface area contributed by atoms with E-state index in [4.69, 9.17) is 5.73 Å². The molecule has 1 rings (SSSR count). The Morgan fingerprint density at radius 3 is 2.25 bits per heavy atom. The summed E-state index contributed by atoms with van der Waals surface area (Å²) in [5.41, 5.74) is 5.67. The van der Waals surface area contributed by atoms with Crippen molar-refractivity contribution in [3.63, 3.8) is 0 Å². The summed E-state index contributed by atoms with van der Waals surface area (Å²) < 4.78 is 27.0. The average Bonchev–Trinajstić information content (AvgIpc) is 2.87. The predicted molar refractivity (Wildman–Crippen MR) is 82.3 cm³/mol. The maximum atomic E-state index is 12.2. The van der Waals surface area contributed by atoms with Crippen molar-refractivity contribution >= 4 is 28.3 Å². The molecule has 0 aromatic heterocycles. The molecule has 0 heterocycles. The maximum absolute atomic E-state index is 12.2. The summed E-state index contributed by atoms with van der Waals surface area (Å²) in [4.78, 5) is 13.0. The fraction of sp³-hybridized carbons (Fsp3) is 0.917. The maximum Gasteiger partial charge on any atom is 0.241 e. The van der Waals surface area contributed by atoms with Gasteiger partial charge < -0.3 is 10.6 Å². The molecule has 1 saturated carbocycles. The molecular formula is C12H26ClN3O3S. The zero-order valence-electron chi connectivity index (χ0n) is 12.3. The summed E-state index contributed by atoms with van der Waals surface area (Å²) in [5, 5.41) is -1.09. The minimum atomic E-state index is -3.67. The summed E-state index contributed by atoms with van der Waals surface area (Å²) in [6.45, 7) is 1.68. The van der Waals surface area contributed by atoms with Crippen LogP contribution < -0.4 is 10.5 Å². The summed E-state index contributed by atoms with van der Waals surface area (Å²) in [6.07, 6.45) is 4.24. The lowest BCUT2D eigenvalue weighted by Gasteiger charge is -2.25. The van der Waals surface area contributed by atoms with Crippen LogP contribution in [-0.4, -0.2) is 51.2 Å². The Labute approximate surface area is 127 Å². The van der Waals surface area contributed by atoms with Gasteiger partial charge in [0.05, 0.1) is 0 Å². The molecule has 1 fully saturated rings. The third kappa shape index (κ3) is 4.87. The van der Waals surface area contributed by atoms with Gasteiger partial charge in [-0.15, -0.1) is 12.4 Å². The van der Waals surface area contributed by atoms with E-state index in [-0.39, 0.29) is 25.0 Å². The SMILES string of the molecule is CC(C(=O)N(C)C)S(=O)(=O)NC(CN)C1CCCC1.Cl. The van der Waals surface area contributed by atoms with Gasteiger partial charge in [0.2, 0.25) is 15.9 Å². The van der Waals surface area contributed by atoms with E-state index in [2.05, 4.69) is 4.72 Å². The van der Waals surface area contributed by atoms with Gasteiger partial charge in [0, 0.05) is 26.7 Å². The molecule has 0 radical (unpaired) electrons. The minimum Gasteiger partial charge on any atom is -0.348 e. The Kier molecular flexibility index (Phi) is 8.01. The van der Waals surface area contributed by atoms with Crippen molar-refractivity contribution < 1.29 is 13.2 Å². The number of sulfonamides is 1. The molecule has 0 bridgehead atoms. The minimum absolute atomic E-state index is 0. The molecule has 2 unspecified atom stereocenters. The number of rotatable bonds is 6. The Balaban J connectivity index is 0.00000361. The molecule has 8 heteroatoms. The number of hydrogen-bond acceptors (Lipinski definition) is 4. The van der Waals surface area contributed by atoms with E-state index in [1.54, 1.807) is 14.1 Å². The molecule has 0 saturated heterocycles. The lowest BCUT2D eigenvalue weighted by molar-refractivity contribution is -0.127. The van der Waals surface area contributed by atoms with Crippen molar-refractivity contribution in [3.05, 3.63) is 0 Å². The summed E-state index contributed by atoms with van der Waals surface area (Å²) in [6, 6.07) is -0.259. The fourth-order valence-electron chi connectivity index (χ4n) is 2.51. The van der Waals surface area contributed by atoms with Crippen LogP contribution in [0.1, 0.15) is 32.6 Å². The van der Waals surface area contributed by atoms with Crippen molar-refractivity contribution in [1.82, 2.24) is 9.62 Å². The average molecular weight is 328 g/mol. The van der Waals surface area contributed by atoms with E-state index >= 15 is 0 Å². The molecule has 1 amide bonds. The molecule has 1 aliphatic rings. The summed E-state index contributed by atoms with van der Waals surface area (Å²) >= 11 is 0. The second-order valence-electron chi connectivity index (χ2n) is 5.42. The number of nitrogens with zero attached hydrogens (tertiary/aromatic N) is 1. The van der Waals surface area contributed by atoms with Gasteiger partial charge in [-0.1, -0.05) is 12.8 Å². The Morgan fingerprint density at radius 2 is 1.85 bits per heavy atom. The molecule has 0 aromatic carbocycles. The summed E-state index contributed by atoms with van der Waals surface area (Å²) in [5.74, 6) is -0.129. The van der Waals surface area contributed by atoms with Crippen molar-refractivity contribution in [1.29, 1.82) is 0 Å². The van der Waals surface area contributed by atoms with Gasteiger partial charge in [-0.3, -0.25) is 4.79 Å². The standard InChI is InChI=1S/C12H25N3O3S.ClH/c1-9(12(16)15(2)3)19(17,18)14-11(8-13)10-6-4-5-7-10;/h9-11,14H,4-8,13H2,1-3H3;1H. The van der Waals surface area contributed by atoms with Crippen LogP contribution in [0.15, 0.2) is 0 Å². The molecule has 3 N–H and O–H groups in total. The lowest BCUT2D eigenvalue weighted by Crippen LogP contribution is -2.50. The first kappa shape index (κ1) is 19.6. The molecule has 0 spiro atoms. The number of carbonyl (C=O) groups is 1. The Morgan fingerprint density at radius 1 is 1.35 bits per heavy atom. The van der Waals surface area contributed by atoms with Gasteiger partial charge in [-0.25, -0.2) is 13.1 Å². The van der Waals surface area contributed by atoms with E-state index < -0.39 is 21.2 Å². The van der Waals surface area contributed by atoms with Crippen LogP contribution in [0.3, 0.4) is 0 Å².